The van der Waals surface area contributed by atoms with Crippen molar-refractivity contribution in [2.45, 2.75) is 25.8 Å². The number of aromatic nitrogens is 2. The Labute approximate surface area is 109 Å². The number of rotatable bonds is 2. The van der Waals surface area contributed by atoms with E-state index in [-0.39, 0.29) is 11.5 Å². The molecule has 1 aliphatic heterocycles. The molecule has 2 aromatic rings. The number of para-hydroxylation sites is 1. The Hall–Kier alpha value is -2.17. The number of hydrogen-bond acceptors (Lipinski definition) is 4. The molecule has 0 saturated heterocycles. The number of carbonyl (C=O) groups is 1. The zero-order valence-corrected chi connectivity index (χ0v) is 10.6. The van der Waals surface area contributed by atoms with E-state index < -0.39 is 6.04 Å². The molecule has 1 aliphatic rings. The molecule has 1 aromatic carbocycles. The number of aryl methyl sites for hydroxylation is 1. The summed E-state index contributed by atoms with van der Waals surface area (Å²) in [6.45, 7) is 2.08. The molecule has 98 valence electrons. The first-order valence-electron chi connectivity index (χ1n) is 6.39. The van der Waals surface area contributed by atoms with Crippen LogP contribution in [0.25, 0.3) is 10.9 Å². The predicted octanol–water partition coefficient (Wildman–Crippen LogP) is 1.45. The second kappa shape index (κ2) is 4.50. The minimum atomic E-state index is -0.528. The van der Waals surface area contributed by atoms with Gasteiger partial charge < -0.3 is 4.74 Å². The quantitative estimate of drug-likeness (QED) is 0.765. The smallest absolute Gasteiger partial charge is 0.329 e. The Balaban J connectivity index is 2.18. The van der Waals surface area contributed by atoms with Gasteiger partial charge in [-0.15, -0.1) is 0 Å². The molecule has 19 heavy (non-hydrogen) atoms. The average Bonchev–Trinajstić information content (AvgIpc) is 2.83. The van der Waals surface area contributed by atoms with E-state index in [2.05, 4.69) is 4.98 Å². The third-order valence-corrected chi connectivity index (χ3v) is 3.39. The van der Waals surface area contributed by atoms with Crippen LogP contribution in [0.4, 0.5) is 0 Å². The van der Waals surface area contributed by atoms with E-state index in [0.29, 0.717) is 36.2 Å². The molecule has 2 heterocycles. The summed E-state index contributed by atoms with van der Waals surface area (Å²) in [5.74, 6) is 0.321. The fraction of sp³-hybridized carbons (Fsp3) is 0.357. The summed E-state index contributed by atoms with van der Waals surface area (Å²) in [6.07, 6.45) is 1.21. The molecule has 5 nitrogen and oxygen atoms in total. The Morgan fingerprint density at radius 1 is 1.47 bits per heavy atom. The topological polar surface area (TPSA) is 61.2 Å². The van der Waals surface area contributed by atoms with Gasteiger partial charge >= 0.3 is 5.97 Å². The van der Waals surface area contributed by atoms with Gasteiger partial charge in [0, 0.05) is 6.42 Å². The molecule has 0 fully saturated rings. The minimum Gasteiger partial charge on any atom is -0.464 e. The van der Waals surface area contributed by atoms with Gasteiger partial charge in [-0.3, -0.25) is 9.36 Å². The maximum absolute atomic E-state index is 12.5. The normalized spacial score (nSPS) is 17.4. The van der Waals surface area contributed by atoms with Crippen LogP contribution in [0.15, 0.2) is 29.1 Å². The molecule has 1 aromatic heterocycles. The summed E-state index contributed by atoms with van der Waals surface area (Å²) in [7, 11) is 0. The van der Waals surface area contributed by atoms with Crippen molar-refractivity contribution in [1.29, 1.82) is 0 Å². The maximum Gasteiger partial charge on any atom is 0.329 e. The van der Waals surface area contributed by atoms with Crippen LogP contribution in [0.2, 0.25) is 0 Å². The molecular formula is C14H14N2O3. The van der Waals surface area contributed by atoms with Crippen molar-refractivity contribution >= 4 is 16.9 Å². The Morgan fingerprint density at radius 3 is 3.05 bits per heavy atom. The van der Waals surface area contributed by atoms with Crippen LogP contribution in [-0.4, -0.2) is 22.1 Å². The van der Waals surface area contributed by atoms with Gasteiger partial charge in [0.15, 0.2) is 0 Å². The van der Waals surface area contributed by atoms with E-state index >= 15 is 0 Å². The van der Waals surface area contributed by atoms with E-state index in [9.17, 15) is 9.59 Å². The van der Waals surface area contributed by atoms with Gasteiger partial charge in [0.2, 0.25) is 0 Å². The largest absolute Gasteiger partial charge is 0.464 e. The predicted molar refractivity (Wildman–Crippen MR) is 70.0 cm³/mol. The van der Waals surface area contributed by atoms with Crippen molar-refractivity contribution in [2.75, 3.05) is 6.61 Å². The molecular weight excluding hydrogens is 244 g/mol. The Bertz CT molecular complexity index is 705. The van der Waals surface area contributed by atoms with Gasteiger partial charge in [-0.05, 0) is 25.5 Å². The molecule has 3 rings (SSSR count). The lowest BCUT2D eigenvalue weighted by molar-refractivity contribution is -0.147. The van der Waals surface area contributed by atoms with Crippen molar-refractivity contribution in [3.63, 3.8) is 0 Å². The van der Waals surface area contributed by atoms with Crippen molar-refractivity contribution in [2.24, 2.45) is 0 Å². The van der Waals surface area contributed by atoms with Crippen LogP contribution in [-0.2, 0) is 16.0 Å². The molecule has 0 unspecified atom stereocenters. The van der Waals surface area contributed by atoms with Crippen molar-refractivity contribution in [1.82, 2.24) is 9.55 Å². The van der Waals surface area contributed by atoms with Crippen molar-refractivity contribution in [3.05, 3.63) is 40.4 Å². The lowest BCUT2D eigenvalue weighted by atomic mass is 10.2. The van der Waals surface area contributed by atoms with E-state index in [1.807, 2.05) is 12.1 Å². The Morgan fingerprint density at radius 2 is 2.26 bits per heavy atom. The van der Waals surface area contributed by atoms with Crippen LogP contribution in [0.1, 0.15) is 25.2 Å². The molecule has 0 spiro atoms. The van der Waals surface area contributed by atoms with E-state index in [0.717, 1.165) is 0 Å². The maximum atomic E-state index is 12.5. The summed E-state index contributed by atoms with van der Waals surface area (Å²) in [6, 6.07) is 6.67. The van der Waals surface area contributed by atoms with Gasteiger partial charge in [0.05, 0.1) is 17.5 Å². The fourth-order valence-corrected chi connectivity index (χ4v) is 2.55. The molecule has 0 bridgehead atoms. The number of carbonyl (C=O) groups excluding carboxylic acids is 1. The van der Waals surface area contributed by atoms with Gasteiger partial charge in [-0.25, -0.2) is 9.78 Å². The molecule has 0 N–H and O–H groups in total. The minimum absolute atomic E-state index is 0.156. The number of ether oxygens (including phenoxy) is 1. The highest BCUT2D eigenvalue weighted by atomic mass is 16.5. The summed E-state index contributed by atoms with van der Waals surface area (Å²) in [5, 5.41) is 0.544. The average molecular weight is 258 g/mol. The van der Waals surface area contributed by atoms with Crippen LogP contribution in [0, 0.1) is 0 Å². The van der Waals surface area contributed by atoms with Gasteiger partial charge in [0.25, 0.3) is 5.56 Å². The highest BCUT2D eigenvalue weighted by Gasteiger charge is 2.31. The van der Waals surface area contributed by atoms with E-state index in [1.165, 1.54) is 4.57 Å². The molecule has 0 aliphatic carbocycles. The highest BCUT2D eigenvalue weighted by molar-refractivity contribution is 5.79. The third kappa shape index (κ3) is 1.82. The first kappa shape index (κ1) is 11.9. The second-order valence-corrected chi connectivity index (χ2v) is 4.53. The van der Waals surface area contributed by atoms with Crippen molar-refractivity contribution in [3.8, 4) is 0 Å². The SMILES string of the molecule is CCOC(=O)[C@@H]1CCc2nc3ccccc3c(=O)n21. The number of hydrogen-bond donors (Lipinski definition) is 0. The standard InChI is InChI=1S/C14H14N2O3/c1-2-19-14(18)11-7-8-12-15-10-6-4-3-5-9(10)13(17)16(11)12/h3-6,11H,2,7-8H2,1H3/t11-/m0/s1. The summed E-state index contributed by atoms with van der Waals surface area (Å²) < 4.78 is 6.51. The first-order chi connectivity index (χ1) is 9.22. The van der Waals surface area contributed by atoms with E-state index in [4.69, 9.17) is 4.74 Å². The van der Waals surface area contributed by atoms with Crippen LogP contribution in [0.5, 0.6) is 0 Å². The van der Waals surface area contributed by atoms with Gasteiger partial charge in [-0.1, -0.05) is 12.1 Å². The monoisotopic (exact) mass is 258 g/mol. The number of nitrogens with zero attached hydrogens (tertiary/aromatic N) is 2. The molecule has 5 heteroatoms. The van der Waals surface area contributed by atoms with Gasteiger partial charge in [-0.2, -0.15) is 0 Å². The van der Waals surface area contributed by atoms with E-state index in [1.54, 1.807) is 19.1 Å². The van der Waals surface area contributed by atoms with Crippen LogP contribution >= 0.6 is 0 Å². The number of fused-ring (bicyclic) bond motifs is 2. The van der Waals surface area contributed by atoms with Crippen molar-refractivity contribution < 1.29 is 9.53 Å². The summed E-state index contributed by atoms with van der Waals surface area (Å²) in [5.41, 5.74) is 0.527. The highest BCUT2D eigenvalue weighted by Crippen LogP contribution is 2.25. The zero-order valence-electron chi connectivity index (χ0n) is 10.6. The van der Waals surface area contributed by atoms with Crippen LogP contribution < -0.4 is 5.56 Å². The van der Waals surface area contributed by atoms with Gasteiger partial charge in [0.1, 0.15) is 11.9 Å². The number of benzene rings is 1. The third-order valence-electron chi connectivity index (χ3n) is 3.39. The zero-order chi connectivity index (χ0) is 13.4. The second-order valence-electron chi connectivity index (χ2n) is 4.53. The molecule has 1 atom stereocenters. The Kier molecular flexibility index (Phi) is 2.81. The lowest BCUT2D eigenvalue weighted by Crippen LogP contribution is -2.29. The molecule has 0 radical (unpaired) electrons. The molecule has 0 saturated carbocycles. The number of esters is 1. The summed E-state index contributed by atoms with van der Waals surface area (Å²) >= 11 is 0. The lowest BCUT2D eigenvalue weighted by Gasteiger charge is -2.13. The van der Waals surface area contributed by atoms with Crippen LogP contribution in [0.3, 0.4) is 0 Å². The fourth-order valence-electron chi connectivity index (χ4n) is 2.55. The summed E-state index contributed by atoms with van der Waals surface area (Å²) in [4.78, 5) is 28.8. The molecule has 0 amide bonds. The first-order valence-corrected chi connectivity index (χ1v) is 6.39.